The molecule has 3 N–H and O–H groups in total. The normalized spacial score (nSPS) is 11.5. The van der Waals surface area contributed by atoms with E-state index in [1.807, 2.05) is 0 Å². The van der Waals surface area contributed by atoms with Crippen LogP contribution in [-0.2, 0) is 14.4 Å². The summed E-state index contributed by atoms with van der Waals surface area (Å²) in [6.07, 6.45) is 18.7. The summed E-state index contributed by atoms with van der Waals surface area (Å²) in [6, 6.07) is 0. The van der Waals surface area contributed by atoms with Crippen LogP contribution in [0.3, 0.4) is 0 Å². The van der Waals surface area contributed by atoms with Crippen molar-refractivity contribution in [2.45, 2.75) is 122 Å². The Morgan fingerprint density at radius 2 is 0.727 bits per heavy atom. The molecular formula is C26H50NO6+. The number of unbranched alkanes of at least 4 members (excludes halogenated alkanes) is 14. The number of quaternary nitrogens is 1. The zero-order valence-electron chi connectivity index (χ0n) is 21.1. The number of hydrogen-bond acceptors (Lipinski definition) is 3. The molecule has 0 saturated carbocycles. The molecule has 0 amide bonds. The van der Waals surface area contributed by atoms with Crippen molar-refractivity contribution in [3.8, 4) is 0 Å². The lowest BCUT2D eigenvalue weighted by atomic mass is 10.0. The van der Waals surface area contributed by atoms with Gasteiger partial charge in [-0.05, 0) is 12.8 Å². The van der Waals surface area contributed by atoms with Gasteiger partial charge >= 0.3 is 17.9 Å². The molecule has 7 nitrogen and oxygen atoms in total. The van der Waals surface area contributed by atoms with Crippen LogP contribution in [0.1, 0.15) is 122 Å². The van der Waals surface area contributed by atoms with E-state index >= 15 is 0 Å². The first kappa shape index (κ1) is 31.4. The number of hydrogen-bond donors (Lipinski definition) is 3. The van der Waals surface area contributed by atoms with Gasteiger partial charge in [0, 0.05) is 0 Å². The second kappa shape index (κ2) is 20.9. The third-order valence-corrected chi connectivity index (χ3v) is 6.64. The molecule has 0 aromatic heterocycles. The predicted octanol–water partition coefficient (Wildman–Crippen LogP) is 6.10. The Labute approximate surface area is 201 Å². The molecule has 0 rings (SSSR count). The number of carboxylic acid groups (broad SMARTS) is 3. The molecule has 0 aliphatic rings. The average molecular weight is 473 g/mol. The zero-order valence-corrected chi connectivity index (χ0v) is 21.1. The third-order valence-electron chi connectivity index (χ3n) is 6.64. The molecule has 0 radical (unpaired) electrons. The van der Waals surface area contributed by atoms with Crippen LogP contribution in [0, 0.1) is 0 Å². The SMILES string of the molecule is CCCCCCCCCCCCCCCCC[N+](CCC(=O)O)(CCC(=O)O)CCC(=O)O. The highest BCUT2D eigenvalue weighted by Gasteiger charge is 2.29. The third kappa shape index (κ3) is 20.7. The molecular weight excluding hydrogens is 422 g/mol. The van der Waals surface area contributed by atoms with Crippen molar-refractivity contribution in [1.82, 2.24) is 0 Å². The van der Waals surface area contributed by atoms with Gasteiger partial charge in [-0.15, -0.1) is 0 Å². The Hall–Kier alpha value is -1.63. The van der Waals surface area contributed by atoms with Crippen molar-refractivity contribution in [3.05, 3.63) is 0 Å². The van der Waals surface area contributed by atoms with Crippen LogP contribution in [0.15, 0.2) is 0 Å². The largest absolute Gasteiger partial charge is 0.481 e. The van der Waals surface area contributed by atoms with Crippen molar-refractivity contribution in [1.29, 1.82) is 0 Å². The van der Waals surface area contributed by atoms with Crippen molar-refractivity contribution in [2.24, 2.45) is 0 Å². The summed E-state index contributed by atoms with van der Waals surface area (Å²) < 4.78 is 0.267. The van der Waals surface area contributed by atoms with Gasteiger partial charge in [-0.25, -0.2) is 0 Å². The van der Waals surface area contributed by atoms with Crippen LogP contribution in [0.2, 0.25) is 0 Å². The van der Waals surface area contributed by atoms with Gasteiger partial charge in [0.15, 0.2) is 0 Å². The standard InChI is InChI=1S/C26H49NO6/c1-2-3-4-5-6-7-8-9-10-11-12-13-14-15-16-20-27(21-17-24(28)29,22-18-25(30)31)23-19-26(32)33/h2-23H2,1H3,(H2-,28,29,30,31,32,33)/p+1. The van der Waals surface area contributed by atoms with E-state index in [0.717, 1.165) is 19.3 Å². The van der Waals surface area contributed by atoms with Gasteiger partial charge in [-0.3, -0.25) is 14.4 Å². The fourth-order valence-electron chi connectivity index (χ4n) is 4.49. The lowest BCUT2D eigenvalue weighted by Gasteiger charge is -2.38. The quantitative estimate of drug-likeness (QED) is 0.109. The van der Waals surface area contributed by atoms with E-state index in [9.17, 15) is 14.4 Å². The minimum Gasteiger partial charge on any atom is -0.481 e. The van der Waals surface area contributed by atoms with Crippen LogP contribution in [0.4, 0.5) is 0 Å². The second-order valence-corrected chi connectivity index (χ2v) is 9.62. The Balaban J connectivity index is 4.09. The van der Waals surface area contributed by atoms with E-state index in [4.69, 9.17) is 15.3 Å². The van der Waals surface area contributed by atoms with Crippen LogP contribution in [0.5, 0.6) is 0 Å². The highest BCUT2D eigenvalue weighted by atomic mass is 16.4. The molecule has 0 aliphatic carbocycles. The summed E-state index contributed by atoms with van der Waals surface area (Å²) in [6.45, 7) is 3.75. The zero-order chi connectivity index (χ0) is 24.8. The van der Waals surface area contributed by atoms with Gasteiger partial charge in [0.25, 0.3) is 0 Å². The van der Waals surface area contributed by atoms with Gasteiger partial charge in [-0.1, -0.05) is 90.4 Å². The van der Waals surface area contributed by atoms with Gasteiger partial charge in [0.1, 0.15) is 0 Å². The summed E-state index contributed by atoms with van der Waals surface area (Å²) in [5.74, 6) is -2.79. The minimum atomic E-state index is -0.931. The highest BCUT2D eigenvalue weighted by molar-refractivity contribution is 5.67. The van der Waals surface area contributed by atoms with Gasteiger partial charge in [-0.2, -0.15) is 0 Å². The molecule has 0 atom stereocenters. The molecule has 33 heavy (non-hydrogen) atoms. The minimum absolute atomic E-state index is 0.0715. The van der Waals surface area contributed by atoms with Crippen LogP contribution in [-0.4, -0.2) is 63.9 Å². The predicted molar refractivity (Wildman–Crippen MR) is 131 cm³/mol. The summed E-state index contributed by atoms with van der Waals surface area (Å²) in [5, 5.41) is 27.3. The molecule has 0 aliphatic heterocycles. The Bertz CT molecular complexity index is 477. The van der Waals surface area contributed by atoms with E-state index in [2.05, 4.69) is 6.92 Å². The van der Waals surface area contributed by atoms with Crippen LogP contribution < -0.4 is 0 Å². The monoisotopic (exact) mass is 472 g/mol. The fourth-order valence-corrected chi connectivity index (χ4v) is 4.49. The molecule has 0 aromatic carbocycles. The number of rotatable bonds is 25. The van der Waals surface area contributed by atoms with Crippen LogP contribution >= 0.6 is 0 Å². The fraction of sp³-hybridized carbons (Fsp3) is 0.885. The first-order valence-electron chi connectivity index (χ1n) is 13.3. The van der Waals surface area contributed by atoms with E-state index in [1.165, 1.54) is 77.0 Å². The molecule has 0 spiro atoms. The summed E-state index contributed by atoms with van der Waals surface area (Å²) in [4.78, 5) is 33.3. The molecule has 7 heteroatoms. The number of aliphatic carboxylic acids is 3. The smallest absolute Gasteiger partial charge is 0.309 e. The average Bonchev–Trinajstić information content (AvgIpc) is 2.76. The van der Waals surface area contributed by atoms with Gasteiger partial charge in [0.05, 0.1) is 45.4 Å². The molecule has 194 valence electrons. The molecule has 0 bridgehead atoms. The second-order valence-electron chi connectivity index (χ2n) is 9.62. The highest BCUT2D eigenvalue weighted by Crippen LogP contribution is 2.17. The molecule has 0 aromatic rings. The van der Waals surface area contributed by atoms with Crippen molar-refractivity contribution in [3.63, 3.8) is 0 Å². The molecule has 0 heterocycles. The number of carboxylic acids is 3. The lowest BCUT2D eigenvalue weighted by molar-refractivity contribution is -0.927. The topological polar surface area (TPSA) is 112 Å². The van der Waals surface area contributed by atoms with E-state index in [1.54, 1.807) is 0 Å². The van der Waals surface area contributed by atoms with E-state index in [-0.39, 0.29) is 43.4 Å². The number of nitrogens with zero attached hydrogens (tertiary/aromatic N) is 1. The van der Waals surface area contributed by atoms with Crippen LogP contribution in [0.25, 0.3) is 0 Å². The Kier molecular flexibility index (Phi) is 19.9. The molecule has 0 unspecified atom stereocenters. The van der Waals surface area contributed by atoms with Gasteiger partial charge in [0.2, 0.25) is 0 Å². The van der Waals surface area contributed by atoms with Crippen molar-refractivity contribution < 1.29 is 34.2 Å². The number of carbonyl (C=O) groups is 3. The maximum atomic E-state index is 11.1. The Morgan fingerprint density at radius 3 is 1.00 bits per heavy atom. The maximum absolute atomic E-state index is 11.1. The first-order chi connectivity index (χ1) is 15.8. The Morgan fingerprint density at radius 1 is 0.455 bits per heavy atom. The molecule has 0 saturated heterocycles. The van der Waals surface area contributed by atoms with Gasteiger partial charge < -0.3 is 19.8 Å². The summed E-state index contributed by atoms with van der Waals surface area (Å²) >= 11 is 0. The van der Waals surface area contributed by atoms with Crippen molar-refractivity contribution >= 4 is 17.9 Å². The lowest BCUT2D eigenvalue weighted by Crippen LogP contribution is -2.52. The summed E-state index contributed by atoms with van der Waals surface area (Å²) in [5.41, 5.74) is 0. The summed E-state index contributed by atoms with van der Waals surface area (Å²) in [7, 11) is 0. The van der Waals surface area contributed by atoms with E-state index < -0.39 is 17.9 Å². The first-order valence-corrected chi connectivity index (χ1v) is 13.3. The van der Waals surface area contributed by atoms with Crippen molar-refractivity contribution in [2.75, 3.05) is 26.2 Å². The maximum Gasteiger partial charge on any atom is 0.309 e. The van der Waals surface area contributed by atoms with E-state index in [0.29, 0.717) is 6.54 Å². The molecule has 0 fully saturated rings.